The summed E-state index contributed by atoms with van der Waals surface area (Å²) in [5.41, 5.74) is 3.28. The van der Waals surface area contributed by atoms with Gasteiger partial charge in [-0.15, -0.1) is 5.10 Å². The summed E-state index contributed by atoms with van der Waals surface area (Å²) in [7, 11) is 0. The molecule has 202 valence electrons. The van der Waals surface area contributed by atoms with E-state index >= 15 is 0 Å². The standard InChI is InChI=1S/C26H32N8O2.C2H6/c1-19(2)28-25(35)18-33-17-20(16-27-33)23-6-5-7-24-30-26(31-34(23)24)29-21-8-10-22(11-9-21)36-15-14-32-12-3-4-13-32;1-2/h5-11,16-17,19H,3-4,12-15,18H2,1-2H3,(H,28,35)(H,29,31);1-2H3. The van der Waals surface area contributed by atoms with Gasteiger partial charge in [0.1, 0.15) is 18.9 Å². The third-order valence-corrected chi connectivity index (χ3v) is 6.03. The first-order chi connectivity index (χ1) is 18.5. The Balaban J connectivity index is 0.00000164. The number of likely N-dealkylation sites (tertiary alicyclic amines) is 1. The third kappa shape index (κ3) is 7.10. The molecular formula is C28H38N8O2. The topological polar surface area (TPSA) is 102 Å². The lowest BCUT2D eigenvalue weighted by molar-refractivity contribution is -0.122. The van der Waals surface area contributed by atoms with E-state index in [2.05, 4.69) is 30.7 Å². The first-order valence-corrected chi connectivity index (χ1v) is 13.4. The lowest BCUT2D eigenvalue weighted by Crippen LogP contribution is -2.33. The highest BCUT2D eigenvalue weighted by Gasteiger charge is 2.13. The molecule has 38 heavy (non-hydrogen) atoms. The molecule has 10 nitrogen and oxygen atoms in total. The Morgan fingerprint density at radius 1 is 1.08 bits per heavy atom. The number of amides is 1. The molecule has 0 atom stereocenters. The van der Waals surface area contributed by atoms with Crippen LogP contribution in [0.4, 0.5) is 11.6 Å². The lowest BCUT2D eigenvalue weighted by Gasteiger charge is -2.15. The lowest BCUT2D eigenvalue weighted by atomic mass is 10.2. The number of benzene rings is 1. The van der Waals surface area contributed by atoms with Gasteiger partial charge in [-0.1, -0.05) is 19.9 Å². The second-order valence-electron chi connectivity index (χ2n) is 9.31. The number of hydrogen-bond acceptors (Lipinski definition) is 7. The predicted molar refractivity (Wildman–Crippen MR) is 150 cm³/mol. The van der Waals surface area contributed by atoms with Crippen molar-refractivity contribution in [1.82, 2.24) is 34.6 Å². The highest BCUT2D eigenvalue weighted by Crippen LogP contribution is 2.23. The minimum atomic E-state index is -0.0758. The molecule has 0 unspecified atom stereocenters. The average Bonchev–Trinajstić information content (AvgIpc) is 3.67. The molecule has 1 aliphatic rings. The number of aromatic nitrogens is 5. The molecule has 0 radical (unpaired) electrons. The van der Waals surface area contributed by atoms with Crippen molar-refractivity contribution in [1.29, 1.82) is 0 Å². The van der Waals surface area contributed by atoms with Crippen LogP contribution in [0.1, 0.15) is 40.5 Å². The largest absolute Gasteiger partial charge is 0.492 e. The quantitative estimate of drug-likeness (QED) is 0.322. The fraction of sp³-hybridized carbons (Fsp3) is 0.429. The molecule has 1 amide bonds. The van der Waals surface area contributed by atoms with E-state index in [9.17, 15) is 4.79 Å². The Bertz CT molecular complexity index is 1310. The zero-order chi connectivity index (χ0) is 26.9. The Morgan fingerprint density at radius 3 is 2.58 bits per heavy atom. The van der Waals surface area contributed by atoms with Gasteiger partial charge in [-0.2, -0.15) is 10.1 Å². The third-order valence-electron chi connectivity index (χ3n) is 6.03. The van der Waals surface area contributed by atoms with Crippen LogP contribution in [0.5, 0.6) is 5.75 Å². The molecule has 1 aromatic carbocycles. The van der Waals surface area contributed by atoms with Crippen molar-refractivity contribution in [3.05, 3.63) is 54.9 Å². The molecule has 0 spiro atoms. The van der Waals surface area contributed by atoms with Gasteiger partial charge < -0.3 is 15.4 Å². The zero-order valence-electron chi connectivity index (χ0n) is 22.7. The maximum atomic E-state index is 12.1. The summed E-state index contributed by atoms with van der Waals surface area (Å²) in [5, 5.41) is 15.1. The number of rotatable bonds is 10. The van der Waals surface area contributed by atoms with Crippen molar-refractivity contribution in [2.75, 3.05) is 31.6 Å². The van der Waals surface area contributed by atoms with Crippen LogP contribution in [0.2, 0.25) is 0 Å². The van der Waals surface area contributed by atoms with Crippen LogP contribution in [0.3, 0.4) is 0 Å². The molecule has 1 aliphatic heterocycles. The molecule has 5 rings (SSSR count). The number of nitrogens with zero attached hydrogens (tertiary/aromatic N) is 6. The Labute approximate surface area is 224 Å². The molecular weight excluding hydrogens is 480 g/mol. The fourth-order valence-electron chi connectivity index (χ4n) is 4.34. The van der Waals surface area contributed by atoms with E-state index in [1.807, 2.05) is 76.4 Å². The first kappa shape index (κ1) is 27.1. The van der Waals surface area contributed by atoms with E-state index in [0.717, 1.165) is 29.2 Å². The van der Waals surface area contributed by atoms with Crippen molar-refractivity contribution < 1.29 is 9.53 Å². The number of fused-ring (bicyclic) bond motifs is 1. The maximum absolute atomic E-state index is 12.1. The molecule has 3 aromatic heterocycles. The van der Waals surface area contributed by atoms with E-state index in [1.54, 1.807) is 15.4 Å². The van der Waals surface area contributed by atoms with Gasteiger partial charge in [0.25, 0.3) is 0 Å². The average molecular weight is 519 g/mol. The van der Waals surface area contributed by atoms with Crippen molar-refractivity contribution in [2.24, 2.45) is 0 Å². The van der Waals surface area contributed by atoms with Crippen LogP contribution in [-0.2, 0) is 11.3 Å². The van der Waals surface area contributed by atoms with Gasteiger partial charge in [0.15, 0.2) is 5.65 Å². The highest BCUT2D eigenvalue weighted by molar-refractivity contribution is 5.76. The fourth-order valence-corrected chi connectivity index (χ4v) is 4.34. The van der Waals surface area contributed by atoms with E-state index in [1.165, 1.54) is 25.9 Å². The molecule has 0 aliphatic carbocycles. The molecule has 2 N–H and O–H groups in total. The zero-order valence-corrected chi connectivity index (χ0v) is 22.7. The van der Waals surface area contributed by atoms with Gasteiger partial charge in [-0.3, -0.25) is 14.4 Å². The molecule has 1 saturated heterocycles. The SMILES string of the molecule is CC.CC(C)NC(=O)Cn1cc(-c2cccc3nc(Nc4ccc(OCCN5CCCC5)cc4)nn23)cn1. The summed E-state index contributed by atoms with van der Waals surface area (Å²) in [6.45, 7) is 12.1. The number of pyridine rings is 1. The molecule has 0 saturated carbocycles. The minimum absolute atomic E-state index is 0.0758. The van der Waals surface area contributed by atoms with Crippen LogP contribution in [0.25, 0.3) is 16.9 Å². The molecule has 0 bridgehead atoms. The van der Waals surface area contributed by atoms with Crippen LogP contribution >= 0.6 is 0 Å². The van der Waals surface area contributed by atoms with Crippen LogP contribution in [0.15, 0.2) is 54.9 Å². The van der Waals surface area contributed by atoms with Gasteiger partial charge in [-0.05, 0) is 76.2 Å². The number of anilines is 2. The first-order valence-electron chi connectivity index (χ1n) is 13.4. The monoisotopic (exact) mass is 518 g/mol. The van der Waals surface area contributed by atoms with Crippen molar-refractivity contribution in [3.8, 4) is 17.0 Å². The van der Waals surface area contributed by atoms with E-state index in [0.29, 0.717) is 18.2 Å². The van der Waals surface area contributed by atoms with Crippen LogP contribution in [0, 0.1) is 0 Å². The Kier molecular flexibility index (Phi) is 9.31. The molecule has 4 aromatic rings. The normalized spacial score (nSPS) is 13.4. The summed E-state index contributed by atoms with van der Waals surface area (Å²) < 4.78 is 9.29. The van der Waals surface area contributed by atoms with Gasteiger partial charge in [0, 0.05) is 30.0 Å². The molecule has 1 fully saturated rings. The summed E-state index contributed by atoms with van der Waals surface area (Å²) in [5.74, 6) is 1.27. The molecule has 4 heterocycles. The second kappa shape index (κ2) is 13.0. The Hall–Kier alpha value is -3.92. The smallest absolute Gasteiger partial charge is 0.247 e. The summed E-state index contributed by atoms with van der Waals surface area (Å²) in [6.07, 6.45) is 6.15. The maximum Gasteiger partial charge on any atom is 0.247 e. The number of nitrogens with one attached hydrogen (secondary N) is 2. The van der Waals surface area contributed by atoms with Gasteiger partial charge in [0.05, 0.1) is 11.9 Å². The number of ether oxygens (including phenoxy) is 1. The van der Waals surface area contributed by atoms with Gasteiger partial charge >= 0.3 is 0 Å². The number of carbonyl (C=O) groups is 1. The summed E-state index contributed by atoms with van der Waals surface area (Å²) in [6, 6.07) is 13.7. The summed E-state index contributed by atoms with van der Waals surface area (Å²) in [4.78, 5) is 19.1. The van der Waals surface area contributed by atoms with E-state index in [4.69, 9.17) is 4.74 Å². The summed E-state index contributed by atoms with van der Waals surface area (Å²) >= 11 is 0. The van der Waals surface area contributed by atoms with Crippen LogP contribution in [-0.4, -0.2) is 67.5 Å². The second-order valence-corrected chi connectivity index (χ2v) is 9.31. The van der Waals surface area contributed by atoms with E-state index in [-0.39, 0.29) is 18.5 Å². The molecule has 10 heteroatoms. The van der Waals surface area contributed by atoms with Gasteiger partial charge in [-0.25, -0.2) is 4.52 Å². The highest BCUT2D eigenvalue weighted by atomic mass is 16.5. The number of carbonyl (C=O) groups excluding carboxylic acids is 1. The van der Waals surface area contributed by atoms with Crippen molar-refractivity contribution in [2.45, 2.75) is 53.1 Å². The van der Waals surface area contributed by atoms with Gasteiger partial charge in [0.2, 0.25) is 11.9 Å². The van der Waals surface area contributed by atoms with Crippen molar-refractivity contribution in [3.63, 3.8) is 0 Å². The van der Waals surface area contributed by atoms with E-state index < -0.39 is 0 Å². The van der Waals surface area contributed by atoms with Crippen molar-refractivity contribution >= 4 is 23.2 Å². The number of hydrogen-bond donors (Lipinski definition) is 2. The van der Waals surface area contributed by atoms with Crippen LogP contribution < -0.4 is 15.4 Å². The predicted octanol–water partition coefficient (Wildman–Crippen LogP) is 4.36. The minimum Gasteiger partial charge on any atom is -0.492 e. The Morgan fingerprint density at radius 2 is 1.84 bits per heavy atom.